The Hall–Kier alpha value is -2.97. The summed E-state index contributed by atoms with van der Waals surface area (Å²) in [7, 11) is 0. The Morgan fingerprint density at radius 2 is 1.88 bits per heavy atom. The molecule has 0 aliphatic rings. The van der Waals surface area contributed by atoms with Crippen LogP contribution in [0.15, 0.2) is 24.3 Å². The van der Waals surface area contributed by atoms with Gasteiger partial charge in [0.15, 0.2) is 5.82 Å². The number of carbonyl (C=O) groups excluding carboxylic acids is 1. The van der Waals surface area contributed by atoms with Crippen LogP contribution in [0.3, 0.4) is 0 Å². The Bertz CT molecular complexity index is 726. The van der Waals surface area contributed by atoms with Crippen LogP contribution < -0.4 is 11.2 Å². The summed E-state index contributed by atoms with van der Waals surface area (Å²) in [4.78, 5) is 22.4. The SMILES string of the molecule is CCCCCCCc1nnc(N)n1NC(=O)c1ccc([N+](=O)[O-])cc1. The highest BCUT2D eigenvalue weighted by Gasteiger charge is 2.14. The molecule has 0 aliphatic heterocycles. The first kappa shape index (κ1) is 18.4. The summed E-state index contributed by atoms with van der Waals surface area (Å²) >= 11 is 0. The molecule has 9 nitrogen and oxygen atoms in total. The summed E-state index contributed by atoms with van der Waals surface area (Å²) in [6.07, 6.45) is 6.21. The maximum atomic E-state index is 12.3. The molecule has 0 saturated carbocycles. The van der Waals surface area contributed by atoms with E-state index in [2.05, 4.69) is 22.5 Å². The van der Waals surface area contributed by atoms with Crippen molar-refractivity contribution in [3.63, 3.8) is 0 Å². The second kappa shape index (κ2) is 8.76. The molecule has 0 aliphatic carbocycles. The molecule has 0 spiro atoms. The van der Waals surface area contributed by atoms with E-state index in [4.69, 9.17) is 5.73 Å². The fourth-order valence-electron chi connectivity index (χ4n) is 2.40. The van der Waals surface area contributed by atoms with E-state index >= 15 is 0 Å². The third-order valence-electron chi connectivity index (χ3n) is 3.81. The van der Waals surface area contributed by atoms with E-state index in [1.54, 1.807) is 0 Å². The van der Waals surface area contributed by atoms with Crippen molar-refractivity contribution in [2.24, 2.45) is 0 Å². The number of benzene rings is 1. The van der Waals surface area contributed by atoms with E-state index in [9.17, 15) is 14.9 Å². The molecule has 0 radical (unpaired) electrons. The van der Waals surface area contributed by atoms with Gasteiger partial charge in [0.05, 0.1) is 4.92 Å². The second-order valence-electron chi connectivity index (χ2n) is 5.72. The highest BCUT2D eigenvalue weighted by Crippen LogP contribution is 2.13. The number of hydrogen-bond acceptors (Lipinski definition) is 6. The minimum Gasteiger partial charge on any atom is -0.366 e. The number of nitro benzene ring substituents is 1. The number of nitrogens with two attached hydrogens (primary N) is 1. The number of hydrogen-bond donors (Lipinski definition) is 2. The number of non-ortho nitro benzene ring substituents is 1. The van der Waals surface area contributed by atoms with Crippen molar-refractivity contribution in [1.29, 1.82) is 0 Å². The van der Waals surface area contributed by atoms with Gasteiger partial charge in [-0.1, -0.05) is 32.6 Å². The fourth-order valence-corrected chi connectivity index (χ4v) is 2.40. The molecular formula is C16H22N6O3. The quantitative estimate of drug-likeness (QED) is 0.408. The second-order valence-corrected chi connectivity index (χ2v) is 5.72. The number of aromatic nitrogens is 3. The Morgan fingerprint density at radius 3 is 2.52 bits per heavy atom. The molecule has 1 amide bonds. The van der Waals surface area contributed by atoms with Gasteiger partial charge in [-0.05, 0) is 18.6 Å². The van der Waals surface area contributed by atoms with E-state index in [1.807, 2.05) is 0 Å². The standard InChI is InChI=1S/C16H22N6O3/c1-2-3-4-5-6-7-14-18-19-16(17)21(14)20-15(23)12-8-10-13(11-9-12)22(24)25/h8-11H,2-7H2,1H3,(H2,17,19)(H,20,23). The lowest BCUT2D eigenvalue weighted by Crippen LogP contribution is -2.26. The van der Waals surface area contributed by atoms with Crippen molar-refractivity contribution in [3.05, 3.63) is 45.8 Å². The summed E-state index contributed by atoms with van der Waals surface area (Å²) in [5, 5.41) is 18.5. The van der Waals surface area contributed by atoms with Crippen LogP contribution in [0.1, 0.15) is 55.2 Å². The lowest BCUT2D eigenvalue weighted by atomic mass is 10.1. The van der Waals surface area contributed by atoms with Gasteiger partial charge in [0.25, 0.3) is 11.6 Å². The lowest BCUT2D eigenvalue weighted by Gasteiger charge is -2.10. The van der Waals surface area contributed by atoms with Crippen LogP contribution in [0.5, 0.6) is 0 Å². The van der Waals surface area contributed by atoms with Crippen molar-refractivity contribution in [2.45, 2.75) is 45.4 Å². The monoisotopic (exact) mass is 346 g/mol. The largest absolute Gasteiger partial charge is 0.366 e. The van der Waals surface area contributed by atoms with E-state index in [-0.39, 0.29) is 17.2 Å². The zero-order valence-corrected chi connectivity index (χ0v) is 14.1. The van der Waals surface area contributed by atoms with E-state index in [0.29, 0.717) is 12.2 Å². The van der Waals surface area contributed by atoms with Crippen LogP contribution in [-0.2, 0) is 6.42 Å². The third-order valence-corrected chi connectivity index (χ3v) is 3.81. The minimum atomic E-state index is -0.518. The number of carbonyl (C=O) groups is 1. The van der Waals surface area contributed by atoms with E-state index in [1.165, 1.54) is 41.8 Å². The molecule has 0 unspecified atom stereocenters. The number of aryl methyl sites for hydroxylation is 1. The Labute approximate surface area is 145 Å². The summed E-state index contributed by atoms with van der Waals surface area (Å²) in [6, 6.07) is 5.33. The van der Waals surface area contributed by atoms with Crippen LogP contribution in [0.2, 0.25) is 0 Å². The van der Waals surface area contributed by atoms with Crippen LogP contribution in [0.4, 0.5) is 11.6 Å². The number of nitro groups is 1. The smallest absolute Gasteiger partial charge is 0.270 e. The molecule has 134 valence electrons. The molecule has 2 aromatic rings. The van der Waals surface area contributed by atoms with Gasteiger partial charge in [-0.2, -0.15) is 0 Å². The predicted molar refractivity (Wildman–Crippen MR) is 93.7 cm³/mol. The van der Waals surface area contributed by atoms with Gasteiger partial charge < -0.3 is 5.73 Å². The first-order valence-corrected chi connectivity index (χ1v) is 8.28. The highest BCUT2D eigenvalue weighted by atomic mass is 16.6. The van der Waals surface area contributed by atoms with Gasteiger partial charge in [0, 0.05) is 24.1 Å². The van der Waals surface area contributed by atoms with E-state index in [0.717, 1.165) is 19.3 Å². The highest BCUT2D eigenvalue weighted by molar-refractivity contribution is 6.00. The molecule has 2 rings (SSSR count). The Kier molecular flexibility index (Phi) is 6.44. The van der Waals surface area contributed by atoms with Crippen molar-refractivity contribution in [1.82, 2.24) is 14.9 Å². The number of anilines is 1. The molecule has 1 aromatic carbocycles. The lowest BCUT2D eigenvalue weighted by molar-refractivity contribution is -0.384. The van der Waals surface area contributed by atoms with Crippen LogP contribution in [0, 0.1) is 10.1 Å². The molecule has 25 heavy (non-hydrogen) atoms. The molecular weight excluding hydrogens is 324 g/mol. The van der Waals surface area contributed by atoms with Gasteiger partial charge in [0.2, 0.25) is 5.95 Å². The van der Waals surface area contributed by atoms with Crippen LogP contribution in [-0.4, -0.2) is 25.7 Å². The molecule has 0 atom stereocenters. The zero-order valence-electron chi connectivity index (χ0n) is 14.1. The van der Waals surface area contributed by atoms with Gasteiger partial charge in [-0.15, -0.1) is 10.2 Å². The molecule has 9 heteroatoms. The third kappa shape index (κ3) is 5.00. The van der Waals surface area contributed by atoms with Crippen molar-refractivity contribution in [2.75, 3.05) is 11.2 Å². The first-order valence-electron chi connectivity index (χ1n) is 8.28. The first-order chi connectivity index (χ1) is 12.0. The molecule has 3 N–H and O–H groups in total. The summed E-state index contributed by atoms with van der Waals surface area (Å²) in [6.45, 7) is 2.16. The number of unbranched alkanes of at least 4 members (excludes halogenated alkanes) is 4. The van der Waals surface area contributed by atoms with Crippen molar-refractivity contribution in [3.8, 4) is 0 Å². The Balaban J connectivity index is 2.00. The van der Waals surface area contributed by atoms with Crippen molar-refractivity contribution < 1.29 is 9.72 Å². The number of nitrogen functional groups attached to an aromatic ring is 1. The van der Waals surface area contributed by atoms with Crippen LogP contribution >= 0.6 is 0 Å². The van der Waals surface area contributed by atoms with Gasteiger partial charge >= 0.3 is 0 Å². The Morgan fingerprint density at radius 1 is 1.20 bits per heavy atom. The topological polar surface area (TPSA) is 129 Å². The summed E-state index contributed by atoms with van der Waals surface area (Å²) < 4.78 is 1.36. The van der Waals surface area contributed by atoms with Crippen LogP contribution in [0.25, 0.3) is 0 Å². The van der Waals surface area contributed by atoms with E-state index < -0.39 is 10.8 Å². The van der Waals surface area contributed by atoms with Gasteiger partial charge in [0.1, 0.15) is 0 Å². The number of rotatable bonds is 9. The van der Waals surface area contributed by atoms with Crippen molar-refractivity contribution >= 4 is 17.5 Å². The van der Waals surface area contributed by atoms with Gasteiger partial charge in [-0.3, -0.25) is 20.3 Å². The molecule has 1 aromatic heterocycles. The number of nitrogens with zero attached hydrogens (tertiary/aromatic N) is 4. The number of nitrogens with one attached hydrogen (secondary N) is 1. The molecule has 0 saturated heterocycles. The predicted octanol–water partition coefficient (Wildman–Crippen LogP) is 2.67. The average molecular weight is 346 g/mol. The minimum absolute atomic E-state index is 0.0758. The summed E-state index contributed by atoms with van der Waals surface area (Å²) in [5.41, 5.74) is 8.61. The summed E-state index contributed by atoms with van der Waals surface area (Å²) in [5.74, 6) is 0.247. The van der Waals surface area contributed by atoms with Gasteiger partial charge in [-0.25, -0.2) is 4.68 Å². The fraction of sp³-hybridized carbons (Fsp3) is 0.438. The molecule has 1 heterocycles. The maximum Gasteiger partial charge on any atom is 0.270 e. The normalized spacial score (nSPS) is 10.6. The molecule has 0 fully saturated rings. The number of amides is 1. The average Bonchev–Trinajstić information content (AvgIpc) is 2.95. The zero-order chi connectivity index (χ0) is 18.2. The maximum absolute atomic E-state index is 12.3. The molecule has 0 bridgehead atoms.